The second-order valence-corrected chi connectivity index (χ2v) is 9.85. The first-order valence-corrected chi connectivity index (χ1v) is 11.0. The molecule has 0 bridgehead atoms. The van der Waals surface area contributed by atoms with Gasteiger partial charge in [0, 0.05) is 6.54 Å². The third kappa shape index (κ3) is 3.64. The van der Waals surface area contributed by atoms with E-state index in [-0.39, 0.29) is 10.6 Å². The molecule has 1 N–H and O–H groups in total. The first-order valence-electron chi connectivity index (χ1n) is 7.90. The minimum atomic E-state index is -3.69. The van der Waals surface area contributed by atoms with Gasteiger partial charge in [-0.3, -0.25) is 9.03 Å². The highest BCUT2D eigenvalue weighted by Gasteiger charge is 2.28. The molecule has 0 atom stereocenters. The zero-order chi connectivity index (χ0) is 18.2. The van der Waals surface area contributed by atoms with Gasteiger partial charge in [-0.25, -0.2) is 16.8 Å². The number of rotatable bonds is 4. The lowest BCUT2D eigenvalue weighted by Gasteiger charge is -2.19. The smallest absolute Gasteiger partial charge is 0.261 e. The first kappa shape index (κ1) is 17.8. The molecule has 2 aromatic rings. The summed E-state index contributed by atoms with van der Waals surface area (Å²) >= 11 is 0. The highest BCUT2D eigenvalue weighted by atomic mass is 32.2. The van der Waals surface area contributed by atoms with E-state index in [2.05, 4.69) is 4.72 Å². The van der Waals surface area contributed by atoms with Crippen LogP contribution in [-0.2, 0) is 20.0 Å². The molecule has 0 aromatic heterocycles. The van der Waals surface area contributed by atoms with Crippen LogP contribution in [0.2, 0.25) is 0 Å². The van der Waals surface area contributed by atoms with Gasteiger partial charge >= 0.3 is 0 Å². The van der Waals surface area contributed by atoms with Crippen molar-refractivity contribution < 1.29 is 16.8 Å². The van der Waals surface area contributed by atoms with Crippen molar-refractivity contribution in [1.82, 2.24) is 0 Å². The van der Waals surface area contributed by atoms with Gasteiger partial charge in [0.2, 0.25) is 10.0 Å². The molecule has 6 nitrogen and oxygen atoms in total. The van der Waals surface area contributed by atoms with E-state index in [1.807, 2.05) is 6.92 Å². The second-order valence-electron chi connectivity index (χ2n) is 6.16. The van der Waals surface area contributed by atoms with E-state index in [1.54, 1.807) is 49.4 Å². The van der Waals surface area contributed by atoms with Crippen LogP contribution in [0.3, 0.4) is 0 Å². The Bertz CT molecular complexity index is 997. The van der Waals surface area contributed by atoms with E-state index in [0.29, 0.717) is 29.9 Å². The molecule has 1 saturated heterocycles. The van der Waals surface area contributed by atoms with Crippen molar-refractivity contribution >= 4 is 31.4 Å². The highest BCUT2D eigenvalue weighted by molar-refractivity contribution is 7.93. The van der Waals surface area contributed by atoms with Crippen LogP contribution >= 0.6 is 0 Å². The van der Waals surface area contributed by atoms with Gasteiger partial charge in [0.05, 0.1) is 22.0 Å². The SMILES string of the molecule is Cc1ccc(S(=O)(=O)Nc2ccc(N3CCCS3(=O)=O)cc2C)cc1. The molecule has 3 rings (SSSR count). The molecule has 0 spiro atoms. The Morgan fingerprint density at radius 2 is 1.72 bits per heavy atom. The van der Waals surface area contributed by atoms with E-state index in [4.69, 9.17) is 0 Å². The van der Waals surface area contributed by atoms with Crippen LogP contribution in [0, 0.1) is 13.8 Å². The summed E-state index contributed by atoms with van der Waals surface area (Å²) in [6.45, 7) is 4.09. The quantitative estimate of drug-likeness (QED) is 0.884. The number of anilines is 2. The minimum Gasteiger partial charge on any atom is -0.279 e. The van der Waals surface area contributed by atoms with Crippen LogP contribution in [0.5, 0.6) is 0 Å². The predicted molar refractivity (Wildman–Crippen MR) is 98.9 cm³/mol. The average molecular weight is 380 g/mol. The molecule has 1 heterocycles. The maximum Gasteiger partial charge on any atom is 0.261 e. The third-order valence-corrected chi connectivity index (χ3v) is 7.42. The molecule has 0 radical (unpaired) electrons. The van der Waals surface area contributed by atoms with Crippen LogP contribution in [0.1, 0.15) is 17.5 Å². The topological polar surface area (TPSA) is 83.6 Å². The zero-order valence-corrected chi connectivity index (χ0v) is 15.7. The van der Waals surface area contributed by atoms with Crippen LogP contribution < -0.4 is 9.03 Å². The molecule has 0 amide bonds. The van der Waals surface area contributed by atoms with Crippen molar-refractivity contribution in [2.24, 2.45) is 0 Å². The van der Waals surface area contributed by atoms with Crippen molar-refractivity contribution in [3.63, 3.8) is 0 Å². The largest absolute Gasteiger partial charge is 0.279 e. The fraction of sp³-hybridized carbons (Fsp3) is 0.294. The lowest BCUT2D eigenvalue weighted by atomic mass is 10.2. The standard InChI is InChI=1S/C17H20N2O4S2/c1-13-4-7-16(8-5-13)25(22,23)18-17-9-6-15(12-14(17)2)19-10-3-11-24(19,20)21/h4-9,12,18H,3,10-11H2,1-2H3. The normalized spacial score (nSPS) is 16.8. The van der Waals surface area contributed by atoms with Crippen molar-refractivity contribution in [1.29, 1.82) is 0 Å². The van der Waals surface area contributed by atoms with Crippen molar-refractivity contribution in [2.75, 3.05) is 21.3 Å². The fourth-order valence-corrected chi connectivity index (χ4v) is 5.46. The monoisotopic (exact) mass is 380 g/mol. The number of sulfonamides is 2. The van der Waals surface area contributed by atoms with Crippen LogP contribution in [0.4, 0.5) is 11.4 Å². The summed E-state index contributed by atoms with van der Waals surface area (Å²) < 4.78 is 53.0. The molecule has 2 aromatic carbocycles. The molecule has 134 valence electrons. The Balaban J connectivity index is 1.88. The first-order chi connectivity index (χ1) is 11.7. The summed E-state index contributed by atoms with van der Waals surface area (Å²) in [5.74, 6) is 0.147. The number of aryl methyl sites for hydroxylation is 2. The van der Waals surface area contributed by atoms with Crippen molar-refractivity contribution in [3.8, 4) is 0 Å². The number of hydrogen-bond donors (Lipinski definition) is 1. The number of nitrogens with zero attached hydrogens (tertiary/aromatic N) is 1. The van der Waals surface area contributed by atoms with E-state index >= 15 is 0 Å². The molecule has 25 heavy (non-hydrogen) atoms. The maximum absolute atomic E-state index is 12.5. The molecule has 1 aliphatic heterocycles. The summed E-state index contributed by atoms with van der Waals surface area (Å²) in [5, 5.41) is 0. The third-order valence-electron chi connectivity index (χ3n) is 4.17. The van der Waals surface area contributed by atoms with Gasteiger partial charge in [-0.05, 0) is 56.2 Å². The fourth-order valence-electron chi connectivity index (χ4n) is 2.77. The van der Waals surface area contributed by atoms with Crippen LogP contribution in [0.25, 0.3) is 0 Å². The Labute approximate surface area is 148 Å². The van der Waals surface area contributed by atoms with Gasteiger partial charge < -0.3 is 0 Å². The van der Waals surface area contributed by atoms with Crippen molar-refractivity contribution in [3.05, 3.63) is 53.6 Å². The minimum absolute atomic E-state index is 0.147. The summed E-state index contributed by atoms with van der Waals surface area (Å²) in [5.41, 5.74) is 2.63. The molecule has 0 saturated carbocycles. The lowest BCUT2D eigenvalue weighted by molar-refractivity contribution is 0.598. The van der Waals surface area contributed by atoms with Gasteiger partial charge in [0.1, 0.15) is 0 Å². The molecule has 1 fully saturated rings. The van der Waals surface area contributed by atoms with Crippen molar-refractivity contribution in [2.45, 2.75) is 25.2 Å². The molecule has 8 heteroatoms. The summed E-state index contributed by atoms with van der Waals surface area (Å²) in [6.07, 6.45) is 0.600. The molecule has 0 aliphatic carbocycles. The Morgan fingerprint density at radius 1 is 1.04 bits per heavy atom. The average Bonchev–Trinajstić information content (AvgIpc) is 2.89. The van der Waals surface area contributed by atoms with Gasteiger partial charge in [-0.2, -0.15) is 0 Å². The maximum atomic E-state index is 12.5. The predicted octanol–water partition coefficient (Wildman–Crippen LogP) is 2.64. The highest BCUT2D eigenvalue weighted by Crippen LogP contribution is 2.29. The zero-order valence-electron chi connectivity index (χ0n) is 14.1. The Hall–Kier alpha value is -2.06. The van der Waals surface area contributed by atoms with Gasteiger partial charge in [-0.15, -0.1) is 0 Å². The number of benzene rings is 2. The number of hydrogen-bond acceptors (Lipinski definition) is 4. The van der Waals surface area contributed by atoms with Gasteiger partial charge in [0.25, 0.3) is 10.0 Å². The van der Waals surface area contributed by atoms with E-state index < -0.39 is 20.0 Å². The van der Waals surface area contributed by atoms with Gasteiger partial charge in [0.15, 0.2) is 0 Å². The molecule has 0 unspecified atom stereocenters. The van der Waals surface area contributed by atoms with E-state index in [0.717, 1.165) is 5.56 Å². The van der Waals surface area contributed by atoms with Crippen LogP contribution in [0.15, 0.2) is 47.4 Å². The van der Waals surface area contributed by atoms with Crippen LogP contribution in [-0.4, -0.2) is 29.1 Å². The second kappa shape index (κ2) is 6.34. The number of nitrogens with one attached hydrogen (secondary N) is 1. The van der Waals surface area contributed by atoms with E-state index in [1.165, 1.54) is 4.31 Å². The summed E-state index contributed by atoms with van der Waals surface area (Å²) in [6, 6.07) is 11.5. The molecular formula is C17H20N2O4S2. The summed E-state index contributed by atoms with van der Waals surface area (Å²) in [4.78, 5) is 0.184. The molecular weight excluding hydrogens is 360 g/mol. The summed E-state index contributed by atoms with van der Waals surface area (Å²) in [7, 11) is -6.95. The lowest BCUT2D eigenvalue weighted by Crippen LogP contribution is -2.25. The Morgan fingerprint density at radius 3 is 2.28 bits per heavy atom. The van der Waals surface area contributed by atoms with E-state index in [9.17, 15) is 16.8 Å². The van der Waals surface area contributed by atoms with Gasteiger partial charge in [-0.1, -0.05) is 17.7 Å². The Kier molecular flexibility index (Phi) is 4.51. The molecule has 1 aliphatic rings.